The summed E-state index contributed by atoms with van der Waals surface area (Å²) in [4.78, 5) is 0. The van der Waals surface area contributed by atoms with Gasteiger partial charge in [-0.3, -0.25) is 0 Å². The third-order valence-electron chi connectivity index (χ3n) is 2.31. The van der Waals surface area contributed by atoms with Crippen LogP contribution in [0.25, 0.3) is 0 Å². The number of aliphatic hydroxyl groups excluding tert-OH is 1. The second-order valence-corrected chi connectivity index (χ2v) is 3.29. The van der Waals surface area contributed by atoms with E-state index in [1.807, 2.05) is 0 Å². The maximum atomic E-state index is 13.4. The van der Waals surface area contributed by atoms with E-state index in [0.717, 1.165) is 0 Å². The molecule has 0 heterocycles. The van der Waals surface area contributed by atoms with Crippen LogP contribution in [0.4, 0.5) is 4.39 Å². The van der Waals surface area contributed by atoms with Crippen LogP contribution >= 0.6 is 0 Å². The molecular formula is C11H16FNO3. The molecule has 0 saturated carbocycles. The molecule has 1 aromatic carbocycles. The van der Waals surface area contributed by atoms with E-state index in [1.54, 1.807) is 0 Å². The van der Waals surface area contributed by atoms with Crippen LogP contribution in [0.5, 0.6) is 11.5 Å². The Bertz CT molecular complexity index is 357. The molecule has 0 aliphatic rings. The molecule has 1 rings (SSSR count). The predicted octanol–water partition coefficient (Wildman–Crippen LogP) is 1.23. The van der Waals surface area contributed by atoms with Gasteiger partial charge in [-0.2, -0.15) is 0 Å². The SMILES string of the molecule is COc1ccc(F)c(OC)c1C(O)CCN. The molecule has 0 saturated heterocycles. The van der Waals surface area contributed by atoms with Crippen molar-refractivity contribution in [3.8, 4) is 11.5 Å². The van der Waals surface area contributed by atoms with Gasteiger partial charge in [0, 0.05) is 0 Å². The highest BCUT2D eigenvalue weighted by Gasteiger charge is 2.21. The molecule has 0 aliphatic heterocycles. The first-order valence-corrected chi connectivity index (χ1v) is 4.94. The summed E-state index contributed by atoms with van der Waals surface area (Å²) in [5, 5.41) is 9.86. The summed E-state index contributed by atoms with van der Waals surface area (Å²) in [5.41, 5.74) is 5.65. The molecular weight excluding hydrogens is 213 g/mol. The summed E-state index contributed by atoms with van der Waals surface area (Å²) in [6.45, 7) is 0.296. The average Bonchev–Trinajstić information content (AvgIpc) is 2.28. The quantitative estimate of drug-likeness (QED) is 0.797. The first-order chi connectivity index (χ1) is 7.65. The van der Waals surface area contributed by atoms with Gasteiger partial charge in [0.15, 0.2) is 11.6 Å². The average molecular weight is 229 g/mol. The van der Waals surface area contributed by atoms with Crippen LogP contribution in [0.2, 0.25) is 0 Å². The molecule has 0 fully saturated rings. The Labute approximate surface area is 93.8 Å². The van der Waals surface area contributed by atoms with E-state index in [9.17, 15) is 9.50 Å². The number of rotatable bonds is 5. The van der Waals surface area contributed by atoms with Gasteiger partial charge in [-0.25, -0.2) is 4.39 Å². The van der Waals surface area contributed by atoms with Crippen LogP contribution in [0.1, 0.15) is 18.1 Å². The van der Waals surface area contributed by atoms with Crippen molar-refractivity contribution >= 4 is 0 Å². The van der Waals surface area contributed by atoms with E-state index in [2.05, 4.69) is 0 Å². The number of hydrogen-bond donors (Lipinski definition) is 2. The smallest absolute Gasteiger partial charge is 0.165 e. The third-order valence-corrected chi connectivity index (χ3v) is 2.31. The van der Waals surface area contributed by atoms with E-state index in [4.69, 9.17) is 15.2 Å². The molecule has 0 aliphatic carbocycles. The van der Waals surface area contributed by atoms with Crippen molar-refractivity contribution in [1.29, 1.82) is 0 Å². The molecule has 4 nitrogen and oxygen atoms in total. The van der Waals surface area contributed by atoms with Gasteiger partial charge in [-0.1, -0.05) is 0 Å². The van der Waals surface area contributed by atoms with E-state index < -0.39 is 11.9 Å². The number of ether oxygens (including phenoxy) is 2. The summed E-state index contributed by atoms with van der Waals surface area (Å²) in [6, 6.07) is 2.68. The summed E-state index contributed by atoms with van der Waals surface area (Å²) < 4.78 is 23.4. The minimum Gasteiger partial charge on any atom is -0.496 e. The van der Waals surface area contributed by atoms with Crippen LogP contribution in [0.15, 0.2) is 12.1 Å². The van der Waals surface area contributed by atoms with Gasteiger partial charge >= 0.3 is 0 Å². The largest absolute Gasteiger partial charge is 0.496 e. The van der Waals surface area contributed by atoms with Gasteiger partial charge in [-0.05, 0) is 25.1 Å². The van der Waals surface area contributed by atoms with Crippen molar-refractivity contribution in [2.75, 3.05) is 20.8 Å². The monoisotopic (exact) mass is 229 g/mol. The highest BCUT2D eigenvalue weighted by Crippen LogP contribution is 2.37. The van der Waals surface area contributed by atoms with E-state index in [1.165, 1.54) is 26.4 Å². The maximum absolute atomic E-state index is 13.4. The van der Waals surface area contributed by atoms with Crippen LogP contribution in [-0.2, 0) is 0 Å². The number of methoxy groups -OCH3 is 2. The Morgan fingerprint density at radius 2 is 2.06 bits per heavy atom. The van der Waals surface area contributed by atoms with Gasteiger partial charge in [0.25, 0.3) is 0 Å². The fourth-order valence-electron chi connectivity index (χ4n) is 1.56. The Morgan fingerprint density at radius 3 is 2.56 bits per heavy atom. The second-order valence-electron chi connectivity index (χ2n) is 3.29. The number of halogens is 1. The van der Waals surface area contributed by atoms with Gasteiger partial charge in [-0.15, -0.1) is 0 Å². The molecule has 1 atom stereocenters. The fourth-order valence-corrected chi connectivity index (χ4v) is 1.56. The third kappa shape index (κ3) is 2.43. The van der Waals surface area contributed by atoms with Crippen LogP contribution < -0.4 is 15.2 Å². The van der Waals surface area contributed by atoms with Crippen LogP contribution in [-0.4, -0.2) is 25.9 Å². The first-order valence-electron chi connectivity index (χ1n) is 4.94. The fraction of sp³-hybridized carbons (Fsp3) is 0.455. The van der Waals surface area contributed by atoms with Crippen molar-refractivity contribution in [3.05, 3.63) is 23.5 Å². The lowest BCUT2D eigenvalue weighted by atomic mass is 10.0. The lowest BCUT2D eigenvalue weighted by Gasteiger charge is -2.17. The summed E-state index contributed by atoms with van der Waals surface area (Å²) in [6.07, 6.45) is -0.582. The van der Waals surface area contributed by atoms with Gasteiger partial charge < -0.3 is 20.3 Å². The van der Waals surface area contributed by atoms with Gasteiger partial charge in [0.05, 0.1) is 25.9 Å². The molecule has 1 unspecified atom stereocenters. The molecule has 0 bridgehead atoms. The minimum absolute atomic E-state index is 0.000278. The normalized spacial score (nSPS) is 12.3. The van der Waals surface area contributed by atoms with Gasteiger partial charge in [0.2, 0.25) is 0 Å². The molecule has 1 aromatic rings. The molecule has 0 radical (unpaired) electrons. The number of benzene rings is 1. The van der Waals surface area contributed by atoms with Crippen molar-refractivity contribution in [3.63, 3.8) is 0 Å². The minimum atomic E-state index is -0.898. The topological polar surface area (TPSA) is 64.7 Å². The number of nitrogens with two attached hydrogens (primary N) is 1. The maximum Gasteiger partial charge on any atom is 0.165 e. The van der Waals surface area contributed by atoms with E-state index in [0.29, 0.717) is 24.3 Å². The molecule has 0 amide bonds. The highest BCUT2D eigenvalue weighted by molar-refractivity contribution is 5.47. The predicted molar refractivity (Wildman–Crippen MR) is 58.1 cm³/mol. The van der Waals surface area contributed by atoms with E-state index in [-0.39, 0.29) is 5.75 Å². The Morgan fingerprint density at radius 1 is 1.38 bits per heavy atom. The molecule has 0 aromatic heterocycles. The Balaban J connectivity index is 3.24. The zero-order valence-corrected chi connectivity index (χ0v) is 9.37. The van der Waals surface area contributed by atoms with Crippen molar-refractivity contribution in [1.82, 2.24) is 0 Å². The Hall–Kier alpha value is -1.33. The Kier molecular flexibility index (Phi) is 4.52. The van der Waals surface area contributed by atoms with Gasteiger partial charge in [0.1, 0.15) is 5.75 Å². The van der Waals surface area contributed by atoms with Crippen molar-refractivity contribution in [2.45, 2.75) is 12.5 Å². The molecule has 0 spiro atoms. The van der Waals surface area contributed by atoms with Crippen LogP contribution in [0, 0.1) is 5.82 Å². The second kappa shape index (κ2) is 5.67. The van der Waals surface area contributed by atoms with Crippen LogP contribution in [0.3, 0.4) is 0 Å². The zero-order valence-electron chi connectivity index (χ0n) is 9.37. The molecule has 90 valence electrons. The standard InChI is InChI=1S/C11H16FNO3/c1-15-9-4-3-7(12)11(16-2)10(9)8(14)5-6-13/h3-4,8,14H,5-6,13H2,1-2H3. The summed E-state index contributed by atoms with van der Waals surface area (Å²) >= 11 is 0. The number of hydrogen-bond acceptors (Lipinski definition) is 4. The molecule has 5 heteroatoms. The highest BCUT2D eigenvalue weighted by atomic mass is 19.1. The zero-order chi connectivity index (χ0) is 12.1. The van der Waals surface area contributed by atoms with Crippen molar-refractivity contribution in [2.24, 2.45) is 5.73 Å². The van der Waals surface area contributed by atoms with E-state index >= 15 is 0 Å². The summed E-state index contributed by atoms with van der Waals surface area (Å²) in [7, 11) is 2.79. The number of aliphatic hydroxyl groups is 1. The first kappa shape index (κ1) is 12.7. The summed E-state index contributed by atoms with van der Waals surface area (Å²) in [5.74, 6) is -0.145. The molecule has 3 N–H and O–H groups in total. The van der Waals surface area contributed by atoms with Crippen molar-refractivity contribution < 1.29 is 19.0 Å². The lowest BCUT2D eigenvalue weighted by molar-refractivity contribution is 0.160. The molecule has 16 heavy (non-hydrogen) atoms. The lowest BCUT2D eigenvalue weighted by Crippen LogP contribution is -2.10.